The molecule has 1 heterocycles. The fraction of sp³-hybridized carbons (Fsp3) is 0. The highest BCUT2D eigenvalue weighted by atomic mass is 16.3. The third-order valence-corrected chi connectivity index (χ3v) is 9.73. The van der Waals surface area contributed by atoms with Crippen LogP contribution in [0.3, 0.4) is 0 Å². The van der Waals surface area contributed by atoms with Crippen molar-refractivity contribution in [2.45, 2.75) is 0 Å². The van der Waals surface area contributed by atoms with E-state index < -0.39 is 107 Å². The number of hydrogen-bond donors (Lipinski definition) is 0. The number of rotatable bonds is 3. The van der Waals surface area contributed by atoms with E-state index in [0.717, 1.165) is 21.5 Å². The number of furan rings is 1. The maximum Gasteiger partial charge on any atom is 0.143 e. The lowest BCUT2D eigenvalue weighted by atomic mass is 9.83. The van der Waals surface area contributed by atoms with Crippen molar-refractivity contribution in [1.29, 1.82) is 0 Å². The maximum absolute atomic E-state index is 9.60. The Morgan fingerprint density at radius 1 is 0.373 bits per heavy atom. The molecule has 11 rings (SSSR count). The number of hydrogen-bond acceptors (Lipinski definition) is 1. The second kappa shape index (κ2) is 10.9. The molecule has 0 amide bonds. The molecule has 0 saturated heterocycles. The molecule has 0 radical (unpaired) electrons. The molecular weight excluding hydrogens is 617 g/mol. The van der Waals surface area contributed by atoms with Crippen molar-refractivity contribution >= 4 is 75.8 Å². The van der Waals surface area contributed by atoms with Crippen LogP contribution in [0.25, 0.3) is 109 Å². The molecule has 1 heteroatoms. The lowest BCUT2D eigenvalue weighted by Gasteiger charge is -2.20. The van der Waals surface area contributed by atoms with Gasteiger partial charge in [-0.1, -0.05) is 170 Å². The minimum atomic E-state index is -0.744. The Morgan fingerprint density at radius 2 is 0.980 bits per heavy atom. The molecule has 0 aliphatic rings. The van der Waals surface area contributed by atoms with E-state index in [4.69, 9.17) is 16.8 Å². The van der Waals surface area contributed by atoms with Crippen molar-refractivity contribution < 1.29 is 25.0 Å². The van der Waals surface area contributed by atoms with Crippen molar-refractivity contribution in [3.05, 3.63) is 182 Å². The van der Waals surface area contributed by atoms with Crippen molar-refractivity contribution in [1.82, 2.24) is 0 Å². The quantitative estimate of drug-likeness (QED) is 0.172. The molecular formula is C50H30O. The molecule has 236 valence electrons. The molecule has 1 nitrogen and oxygen atoms in total. The van der Waals surface area contributed by atoms with Crippen LogP contribution in [0.5, 0.6) is 0 Å². The fourth-order valence-electron chi connectivity index (χ4n) is 7.60. The van der Waals surface area contributed by atoms with Gasteiger partial charge in [-0.15, -0.1) is 0 Å². The molecule has 0 spiro atoms. The van der Waals surface area contributed by atoms with Gasteiger partial charge in [0.15, 0.2) is 0 Å². The van der Waals surface area contributed by atoms with Gasteiger partial charge in [0.05, 0.1) is 20.6 Å². The van der Waals surface area contributed by atoms with Gasteiger partial charge in [-0.25, -0.2) is 0 Å². The van der Waals surface area contributed by atoms with E-state index in [0.29, 0.717) is 38.6 Å². The monoisotopic (exact) mass is 661 g/mol. The summed E-state index contributed by atoms with van der Waals surface area (Å²) in [6.07, 6.45) is 0. The minimum Gasteiger partial charge on any atom is -0.455 e. The average Bonchev–Trinajstić information content (AvgIpc) is 3.72. The third kappa shape index (κ3) is 4.16. The first kappa shape index (κ1) is 17.3. The third-order valence-electron chi connectivity index (χ3n) is 9.73. The van der Waals surface area contributed by atoms with Gasteiger partial charge in [0.25, 0.3) is 0 Å². The smallest absolute Gasteiger partial charge is 0.143 e. The lowest BCUT2D eigenvalue weighted by Crippen LogP contribution is -1.93. The highest BCUT2D eigenvalue weighted by Gasteiger charge is 2.21. The van der Waals surface area contributed by atoms with E-state index in [9.17, 15) is 8.22 Å². The summed E-state index contributed by atoms with van der Waals surface area (Å²) in [5.74, 6) is 0. The SMILES string of the molecule is [2H]c1c([2H])c([2H])c2c([2H])c(-c3c4c([2H])c([2H])c([2H])c([2H])c4c(-c4cccc5cccc(-c6cccc7c6oc6ccc8ccccc8c67)c45)c4c([2H])c([2H])c([2H])c([2H])c34)c([2H])c([2H])c2c1[2H]. The molecule has 10 aromatic carbocycles. The fourth-order valence-corrected chi connectivity index (χ4v) is 7.60. The zero-order valence-electron chi connectivity index (χ0n) is 41.6. The van der Waals surface area contributed by atoms with E-state index in [1.807, 2.05) is 78.9 Å². The van der Waals surface area contributed by atoms with Gasteiger partial charge < -0.3 is 4.42 Å². The molecule has 0 bridgehead atoms. The van der Waals surface area contributed by atoms with Crippen LogP contribution >= 0.6 is 0 Å². The van der Waals surface area contributed by atoms with Crippen LogP contribution in [0.15, 0.2) is 186 Å². The summed E-state index contributed by atoms with van der Waals surface area (Å²) in [5.41, 5.74) is 2.05. The van der Waals surface area contributed by atoms with E-state index >= 15 is 0 Å². The summed E-state index contributed by atoms with van der Waals surface area (Å²) in [4.78, 5) is 0. The predicted octanol–water partition coefficient (Wildman–Crippen LogP) is 14.4. The minimum absolute atomic E-state index is 0.0236. The van der Waals surface area contributed by atoms with E-state index in [1.165, 1.54) is 0 Å². The van der Waals surface area contributed by atoms with Crippen molar-refractivity contribution in [2.24, 2.45) is 0 Å². The zero-order valence-corrected chi connectivity index (χ0v) is 26.6. The van der Waals surface area contributed by atoms with Gasteiger partial charge in [0.1, 0.15) is 11.2 Å². The highest BCUT2D eigenvalue weighted by molar-refractivity contribution is 6.26. The molecule has 0 unspecified atom stereocenters. The van der Waals surface area contributed by atoms with Gasteiger partial charge in [-0.05, 0) is 93.8 Å². The largest absolute Gasteiger partial charge is 0.455 e. The lowest BCUT2D eigenvalue weighted by molar-refractivity contribution is 0.670. The first-order chi connectivity index (χ1) is 31.6. The Labute approximate surface area is 315 Å². The first-order valence-corrected chi connectivity index (χ1v) is 16.4. The molecule has 0 N–H and O–H groups in total. The van der Waals surface area contributed by atoms with Crippen molar-refractivity contribution in [3.63, 3.8) is 0 Å². The maximum atomic E-state index is 9.60. The first-order valence-electron chi connectivity index (χ1n) is 23.9. The van der Waals surface area contributed by atoms with Crippen LogP contribution in [0.2, 0.25) is 0 Å². The molecule has 0 atom stereocenters. The van der Waals surface area contributed by atoms with Gasteiger partial charge in [-0.3, -0.25) is 0 Å². The Bertz CT molecular complexity index is 3980. The average molecular weight is 662 g/mol. The van der Waals surface area contributed by atoms with Crippen LogP contribution < -0.4 is 0 Å². The van der Waals surface area contributed by atoms with E-state index in [-0.39, 0.29) is 32.7 Å². The van der Waals surface area contributed by atoms with Gasteiger partial charge in [0, 0.05) is 16.3 Å². The van der Waals surface area contributed by atoms with Crippen LogP contribution in [-0.4, -0.2) is 0 Å². The van der Waals surface area contributed by atoms with Crippen LogP contribution in [0.1, 0.15) is 20.6 Å². The summed E-state index contributed by atoms with van der Waals surface area (Å²) in [6, 6.07) is 18.6. The number of benzene rings is 10. The van der Waals surface area contributed by atoms with E-state index in [1.54, 1.807) is 12.1 Å². The van der Waals surface area contributed by atoms with Gasteiger partial charge in [0.2, 0.25) is 0 Å². The summed E-state index contributed by atoms with van der Waals surface area (Å²) in [5, 5.41) is 3.20. The Balaban J connectivity index is 1.37. The Kier molecular flexibility index (Phi) is 3.70. The molecule has 11 aromatic rings. The van der Waals surface area contributed by atoms with E-state index in [2.05, 4.69) is 0 Å². The summed E-state index contributed by atoms with van der Waals surface area (Å²) < 4.78 is 143. The number of para-hydroxylation sites is 1. The molecule has 0 saturated carbocycles. The number of fused-ring (bicyclic) bond motifs is 9. The molecule has 0 aliphatic heterocycles. The predicted molar refractivity (Wildman–Crippen MR) is 218 cm³/mol. The summed E-state index contributed by atoms with van der Waals surface area (Å²) in [7, 11) is 0. The Hall–Kier alpha value is -6.70. The summed E-state index contributed by atoms with van der Waals surface area (Å²) in [6.45, 7) is 0. The normalized spacial score (nSPS) is 16.0. The van der Waals surface area contributed by atoms with Crippen molar-refractivity contribution in [2.75, 3.05) is 0 Å². The van der Waals surface area contributed by atoms with Crippen LogP contribution in [-0.2, 0) is 0 Å². The molecule has 1 aromatic heterocycles. The molecule has 0 fully saturated rings. The zero-order chi connectivity index (χ0) is 46.5. The van der Waals surface area contributed by atoms with Crippen LogP contribution in [0, 0.1) is 0 Å². The molecule has 0 aliphatic carbocycles. The second-order valence-electron chi connectivity index (χ2n) is 12.4. The van der Waals surface area contributed by atoms with Crippen molar-refractivity contribution in [3.8, 4) is 33.4 Å². The standard InChI is InChI=1S/C50H30O/c1-2-14-34-30-35(27-26-31(34)12-1)47-37-18-5-7-20-39(37)48(40-21-8-6-19-38(40)47)43-24-10-16-33-15-9-22-41(46(33)43)42-23-11-25-44-49-36-17-4-3-13-32(36)28-29-45(49)51-50(42)44/h1-30H/i1D,2D,5D,6D,7D,8D,12D,14D,18D,19D,20D,21D,26D,27D,30D. The highest BCUT2D eigenvalue weighted by Crippen LogP contribution is 2.48. The molecule has 51 heavy (non-hydrogen) atoms. The van der Waals surface area contributed by atoms with Gasteiger partial charge in [-0.2, -0.15) is 0 Å². The van der Waals surface area contributed by atoms with Gasteiger partial charge >= 0.3 is 0 Å². The second-order valence-corrected chi connectivity index (χ2v) is 12.4. The topological polar surface area (TPSA) is 13.1 Å². The summed E-state index contributed by atoms with van der Waals surface area (Å²) >= 11 is 0. The van der Waals surface area contributed by atoms with Crippen LogP contribution in [0.4, 0.5) is 0 Å². The Morgan fingerprint density at radius 3 is 1.76 bits per heavy atom.